The van der Waals surface area contributed by atoms with E-state index in [9.17, 15) is 9.59 Å². The van der Waals surface area contributed by atoms with Gasteiger partial charge in [-0.1, -0.05) is 30.3 Å². The van der Waals surface area contributed by atoms with Crippen LogP contribution in [0.3, 0.4) is 0 Å². The lowest BCUT2D eigenvalue weighted by atomic mass is 10.1. The fourth-order valence-electron chi connectivity index (χ4n) is 3.03. The lowest BCUT2D eigenvalue weighted by molar-refractivity contribution is -0.134. The van der Waals surface area contributed by atoms with Gasteiger partial charge in [0.15, 0.2) is 0 Å². The fraction of sp³-hybridized carbons (Fsp3) is 0.368. The van der Waals surface area contributed by atoms with Gasteiger partial charge >= 0.3 is 0 Å². The molecule has 25 heavy (non-hydrogen) atoms. The molecule has 6 heteroatoms. The maximum atomic E-state index is 12.6. The number of amides is 2. The molecular formula is C19H23N3O2S. The van der Waals surface area contributed by atoms with Crippen molar-refractivity contribution in [1.82, 2.24) is 9.80 Å². The van der Waals surface area contributed by atoms with Crippen molar-refractivity contribution >= 4 is 23.2 Å². The Bertz CT molecular complexity index is 736. The van der Waals surface area contributed by atoms with E-state index >= 15 is 0 Å². The van der Waals surface area contributed by atoms with Gasteiger partial charge in [0.25, 0.3) is 5.91 Å². The lowest BCUT2D eigenvalue weighted by Gasteiger charge is -2.35. The van der Waals surface area contributed by atoms with Crippen molar-refractivity contribution in [2.24, 2.45) is 5.73 Å². The van der Waals surface area contributed by atoms with E-state index in [0.717, 1.165) is 15.3 Å². The van der Waals surface area contributed by atoms with Crippen LogP contribution in [0.2, 0.25) is 0 Å². The average Bonchev–Trinajstić information content (AvgIpc) is 3.08. The smallest absolute Gasteiger partial charge is 0.264 e. The van der Waals surface area contributed by atoms with Crippen LogP contribution < -0.4 is 5.73 Å². The first-order chi connectivity index (χ1) is 12.0. The normalized spacial score (nSPS) is 15.9. The number of piperazine rings is 1. The topological polar surface area (TPSA) is 66.6 Å². The lowest BCUT2D eigenvalue weighted by Crippen LogP contribution is -2.54. The molecule has 1 fully saturated rings. The summed E-state index contributed by atoms with van der Waals surface area (Å²) in [7, 11) is 0. The summed E-state index contributed by atoms with van der Waals surface area (Å²) in [6.45, 7) is 4.18. The van der Waals surface area contributed by atoms with E-state index in [1.54, 1.807) is 4.90 Å². The first-order valence-electron chi connectivity index (χ1n) is 8.48. The Morgan fingerprint density at radius 2 is 1.68 bits per heavy atom. The monoisotopic (exact) mass is 357 g/mol. The molecule has 0 bridgehead atoms. The number of benzene rings is 1. The molecule has 1 aliphatic heterocycles. The number of carbonyl (C=O) groups excluding carboxylic acids is 2. The number of nitrogens with zero attached hydrogens (tertiary/aromatic N) is 2. The molecule has 2 N–H and O–H groups in total. The number of hydrogen-bond acceptors (Lipinski definition) is 4. The number of nitrogens with two attached hydrogens (primary N) is 1. The third kappa shape index (κ3) is 4.27. The van der Waals surface area contributed by atoms with Crippen molar-refractivity contribution in [3.05, 3.63) is 57.8 Å². The first kappa shape index (κ1) is 17.6. The predicted octanol–water partition coefficient (Wildman–Crippen LogP) is 1.91. The van der Waals surface area contributed by atoms with Gasteiger partial charge in [-0.3, -0.25) is 9.59 Å². The predicted molar refractivity (Wildman–Crippen MR) is 99.7 cm³/mol. The zero-order valence-electron chi connectivity index (χ0n) is 14.4. The van der Waals surface area contributed by atoms with E-state index in [0.29, 0.717) is 32.6 Å². The highest BCUT2D eigenvalue weighted by Gasteiger charge is 2.28. The molecule has 0 spiro atoms. The highest BCUT2D eigenvalue weighted by atomic mass is 32.1. The van der Waals surface area contributed by atoms with Crippen LogP contribution in [0.25, 0.3) is 0 Å². The summed E-state index contributed by atoms with van der Waals surface area (Å²) >= 11 is 1.51. The summed E-state index contributed by atoms with van der Waals surface area (Å²) in [6, 6.07) is 13.1. The molecule has 0 unspecified atom stereocenters. The van der Waals surface area contributed by atoms with Gasteiger partial charge in [0.05, 0.1) is 10.9 Å². The van der Waals surface area contributed by atoms with Crippen molar-refractivity contribution in [2.45, 2.75) is 19.4 Å². The molecule has 1 atom stereocenters. The zero-order valence-corrected chi connectivity index (χ0v) is 15.2. The van der Waals surface area contributed by atoms with Crippen LogP contribution in [0, 0.1) is 6.92 Å². The highest BCUT2D eigenvalue weighted by Crippen LogP contribution is 2.18. The maximum absolute atomic E-state index is 12.6. The molecule has 3 rings (SSSR count). The summed E-state index contributed by atoms with van der Waals surface area (Å²) in [5.74, 6) is 0.0155. The van der Waals surface area contributed by atoms with Gasteiger partial charge in [-0.05, 0) is 31.0 Å². The Morgan fingerprint density at radius 3 is 2.28 bits per heavy atom. The molecule has 0 radical (unpaired) electrons. The van der Waals surface area contributed by atoms with Crippen molar-refractivity contribution in [2.75, 3.05) is 26.2 Å². The van der Waals surface area contributed by atoms with Crippen LogP contribution in [0.1, 0.15) is 20.1 Å². The second kappa shape index (κ2) is 7.80. The molecule has 1 aromatic heterocycles. The van der Waals surface area contributed by atoms with Gasteiger partial charge in [-0.15, -0.1) is 11.3 Å². The van der Waals surface area contributed by atoms with E-state index in [-0.39, 0.29) is 11.8 Å². The Kier molecular flexibility index (Phi) is 5.50. The minimum absolute atomic E-state index is 0.0390. The second-order valence-electron chi connectivity index (χ2n) is 6.32. The number of carbonyl (C=O) groups is 2. The number of thiophene rings is 1. The second-order valence-corrected chi connectivity index (χ2v) is 7.61. The van der Waals surface area contributed by atoms with Crippen LogP contribution >= 0.6 is 11.3 Å². The highest BCUT2D eigenvalue weighted by molar-refractivity contribution is 7.13. The number of aryl methyl sites for hydroxylation is 1. The molecule has 2 aromatic rings. The van der Waals surface area contributed by atoms with Gasteiger partial charge in [-0.25, -0.2) is 0 Å². The van der Waals surface area contributed by atoms with E-state index in [1.807, 2.05) is 54.3 Å². The fourth-order valence-corrected chi connectivity index (χ4v) is 3.86. The summed E-state index contributed by atoms with van der Waals surface area (Å²) < 4.78 is 0. The van der Waals surface area contributed by atoms with Gasteiger partial charge in [-0.2, -0.15) is 0 Å². The van der Waals surface area contributed by atoms with Crippen LogP contribution in [0.15, 0.2) is 42.5 Å². The molecule has 1 aromatic carbocycles. The van der Waals surface area contributed by atoms with Crippen molar-refractivity contribution in [1.29, 1.82) is 0 Å². The minimum Gasteiger partial charge on any atom is -0.338 e. The SMILES string of the molecule is Cc1ccc(C(=O)N2CCN(C(=O)[C@@H](N)Cc3ccccc3)CC2)s1. The summed E-state index contributed by atoms with van der Waals surface area (Å²) in [5, 5.41) is 0. The quantitative estimate of drug-likeness (QED) is 0.909. The standard InChI is InChI=1S/C19H23N3O2S/c1-14-7-8-17(25-14)19(24)22-11-9-21(10-12-22)18(23)16(20)13-15-5-3-2-4-6-15/h2-8,16H,9-13,20H2,1H3/t16-/m0/s1. The number of rotatable bonds is 4. The molecule has 1 saturated heterocycles. The third-order valence-corrected chi connectivity index (χ3v) is 5.43. The summed E-state index contributed by atoms with van der Waals surface area (Å²) in [4.78, 5) is 30.5. The zero-order chi connectivity index (χ0) is 17.8. The Hall–Kier alpha value is -2.18. The van der Waals surface area contributed by atoms with Crippen molar-refractivity contribution < 1.29 is 9.59 Å². The largest absolute Gasteiger partial charge is 0.338 e. The molecule has 5 nitrogen and oxygen atoms in total. The summed E-state index contributed by atoms with van der Waals surface area (Å²) in [6.07, 6.45) is 0.535. The van der Waals surface area contributed by atoms with Gasteiger partial charge in [0, 0.05) is 31.1 Å². The molecule has 1 aliphatic rings. The van der Waals surface area contributed by atoms with Crippen molar-refractivity contribution in [3.63, 3.8) is 0 Å². The average molecular weight is 357 g/mol. The Morgan fingerprint density at radius 1 is 1.04 bits per heavy atom. The number of hydrogen-bond donors (Lipinski definition) is 1. The van der Waals surface area contributed by atoms with Gasteiger partial charge in [0.1, 0.15) is 0 Å². The van der Waals surface area contributed by atoms with Crippen LogP contribution in [0.5, 0.6) is 0 Å². The van der Waals surface area contributed by atoms with Crippen LogP contribution in [-0.2, 0) is 11.2 Å². The molecule has 2 heterocycles. The summed E-state index contributed by atoms with van der Waals surface area (Å²) in [5.41, 5.74) is 7.16. The van der Waals surface area contributed by atoms with Gasteiger partial charge < -0.3 is 15.5 Å². The molecular weight excluding hydrogens is 334 g/mol. The third-order valence-electron chi connectivity index (χ3n) is 4.45. The molecule has 0 saturated carbocycles. The molecule has 132 valence electrons. The van der Waals surface area contributed by atoms with E-state index in [4.69, 9.17) is 5.73 Å². The minimum atomic E-state index is -0.537. The maximum Gasteiger partial charge on any atom is 0.264 e. The molecule has 0 aliphatic carbocycles. The van der Waals surface area contributed by atoms with Crippen molar-refractivity contribution in [3.8, 4) is 0 Å². The van der Waals surface area contributed by atoms with E-state index < -0.39 is 6.04 Å². The van der Waals surface area contributed by atoms with E-state index in [1.165, 1.54) is 11.3 Å². The first-order valence-corrected chi connectivity index (χ1v) is 9.30. The Balaban J connectivity index is 1.53. The van der Waals surface area contributed by atoms with E-state index in [2.05, 4.69) is 0 Å². The van der Waals surface area contributed by atoms with Crippen LogP contribution in [0.4, 0.5) is 0 Å². The van der Waals surface area contributed by atoms with Gasteiger partial charge in [0.2, 0.25) is 5.91 Å². The molecule has 2 amide bonds. The van der Waals surface area contributed by atoms with Crippen LogP contribution in [-0.4, -0.2) is 53.8 Å². The Labute approximate surface area is 152 Å².